The van der Waals surface area contributed by atoms with Crippen LogP contribution in [0, 0.1) is 11.8 Å². The van der Waals surface area contributed by atoms with Crippen LogP contribution in [-0.4, -0.2) is 16.2 Å². The number of benzene rings is 2. The maximum Gasteiger partial charge on any atom is 0.328 e. The summed E-state index contributed by atoms with van der Waals surface area (Å²) in [6.07, 6.45) is 8.14. The molecular formula is C25H28O3. The summed E-state index contributed by atoms with van der Waals surface area (Å²) in [4.78, 5) is 10.6. The molecule has 2 atom stereocenters. The van der Waals surface area contributed by atoms with Crippen LogP contribution < -0.4 is 0 Å². The molecule has 0 radical (unpaired) electrons. The molecule has 146 valence electrons. The van der Waals surface area contributed by atoms with Crippen LogP contribution in [0.15, 0.2) is 60.7 Å². The molecule has 0 spiro atoms. The number of allylic oxidation sites excluding steroid dienone is 1. The zero-order valence-corrected chi connectivity index (χ0v) is 16.4. The lowest BCUT2D eigenvalue weighted by molar-refractivity contribution is -0.131. The van der Waals surface area contributed by atoms with Crippen molar-refractivity contribution in [3.05, 3.63) is 71.8 Å². The first-order valence-electron chi connectivity index (χ1n) is 9.90. The molecule has 0 saturated heterocycles. The molecule has 1 saturated carbocycles. The summed E-state index contributed by atoms with van der Waals surface area (Å²) < 4.78 is 0. The van der Waals surface area contributed by atoms with E-state index in [1.165, 1.54) is 12.0 Å². The summed E-state index contributed by atoms with van der Waals surface area (Å²) in [5, 5.41) is 19.0. The number of phenolic OH excluding ortho intramolecular Hbond substituents is 1. The molecule has 2 N–H and O–H groups in total. The largest absolute Gasteiger partial charge is 0.508 e. The lowest BCUT2D eigenvalue weighted by Gasteiger charge is -2.28. The number of carbonyl (C=O) groups is 1. The number of aryl methyl sites for hydroxylation is 1. The number of carboxylic acid groups (broad SMARTS) is 1. The van der Waals surface area contributed by atoms with Gasteiger partial charge in [0.05, 0.1) is 0 Å². The van der Waals surface area contributed by atoms with E-state index in [2.05, 4.69) is 19.6 Å². The number of aromatic hydroxyl groups is 1. The fourth-order valence-corrected chi connectivity index (χ4v) is 4.22. The van der Waals surface area contributed by atoms with Gasteiger partial charge >= 0.3 is 5.97 Å². The summed E-state index contributed by atoms with van der Waals surface area (Å²) in [6, 6.07) is 13.5. The van der Waals surface area contributed by atoms with E-state index in [0.717, 1.165) is 54.0 Å². The van der Waals surface area contributed by atoms with E-state index in [9.17, 15) is 9.90 Å². The van der Waals surface area contributed by atoms with Crippen LogP contribution in [0.3, 0.4) is 0 Å². The summed E-state index contributed by atoms with van der Waals surface area (Å²) in [5.74, 6) is 0.759. The number of phenols is 1. The van der Waals surface area contributed by atoms with E-state index in [1.807, 2.05) is 30.3 Å². The van der Waals surface area contributed by atoms with Crippen LogP contribution in [0.1, 0.15) is 43.7 Å². The second kappa shape index (κ2) is 8.92. The molecule has 2 unspecified atom stereocenters. The molecule has 3 heteroatoms. The zero-order chi connectivity index (χ0) is 20.1. The van der Waals surface area contributed by atoms with Crippen LogP contribution in [0.4, 0.5) is 0 Å². The molecule has 3 nitrogen and oxygen atoms in total. The highest BCUT2D eigenvalue weighted by Crippen LogP contribution is 2.35. The van der Waals surface area contributed by atoms with E-state index in [4.69, 9.17) is 5.11 Å². The average molecular weight is 376 g/mol. The smallest absolute Gasteiger partial charge is 0.328 e. The Kier molecular flexibility index (Phi) is 6.35. The minimum atomic E-state index is -0.955. The number of carboxylic acids is 1. The Morgan fingerprint density at radius 1 is 1.14 bits per heavy atom. The Morgan fingerprint density at radius 2 is 1.86 bits per heavy atom. The van der Waals surface area contributed by atoms with E-state index in [1.54, 1.807) is 12.1 Å². The Bertz CT molecular complexity index is 877. The van der Waals surface area contributed by atoms with Gasteiger partial charge in [-0.3, -0.25) is 0 Å². The van der Waals surface area contributed by atoms with E-state index < -0.39 is 5.97 Å². The quantitative estimate of drug-likeness (QED) is 0.474. The van der Waals surface area contributed by atoms with Crippen molar-refractivity contribution >= 4 is 12.0 Å². The maximum absolute atomic E-state index is 10.6. The molecule has 2 aromatic carbocycles. The first-order chi connectivity index (χ1) is 13.4. The predicted molar refractivity (Wildman–Crippen MR) is 114 cm³/mol. The summed E-state index contributed by atoms with van der Waals surface area (Å²) in [6.45, 7) is 6.48. The predicted octanol–water partition coefficient (Wildman–Crippen LogP) is 6.08. The third-order valence-corrected chi connectivity index (χ3v) is 5.51. The van der Waals surface area contributed by atoms with Gasteiger partial charge in [0.1, 0.15) is 5.75 Å². The van der Waals surface area contributed by atoms with Gasteiger partial charge in [-0.15, -0.1) is 0 Å². The first-order valence-corrected chi connectivity index (χ1v) is 9.90. The second-order valence-corrected chi connectivity index (χ2v) is 8.04. The summed E-state index contributed by atoms with van der Waals surface area (Å²) in [7, 11) is 0. The van der Waals surface area contributed by atoms with Crippen LogP contribution in [-0.2, 0) is 11.2 Å². The van der Waals surface area contributed by atoms with Crippen molar-refractivity contribution in [2.24, 2.45) is 11.8 Å². The highest BCUT2D eigenvalue weighted by Gasteiger charge is 2.21. The molecule has 28 heavy (non-hydrogen) atoms. The molecule has 0 amide bonds. The van der Waals surface area contributed by atoms with Gasteiger partial charge in [-0.05, 0) is 84.4 Å². The van der Waals surface area contributed by atoms with E-state index >= 15 is 0 Å². The van der Waals surface area contributed by atoms with Crippen molar-refractivity contribution in [2.45, 2.75) is 39.0 Å². The van der Waals surface area contributed by atoms with E-state index in [0.29, 0.717) is 17.6 Å². The Morgan fingerprint density at radius 3 is 2.54 bits per heavy atom. The van der Waals surface area contributed by atoms with Gasteiger partial charge in [-0.25, -0.2) is 4.79 Å². The van der Waals surface area contributed by atoms with Crippen LogP contribution in [0.2, 0.25) is 0 Å². The van der Waals surface area contributed by atoms with Crippen molar-refractivity contribution in [1.82, 2.24) is 0 Å². The monoisotopic (exact) mass is 376 g/mol. The lowest BCUT2D eigenvalue weighted by Crippen LogP contribution is -2.15. The molecule has 1 fully saturated rings. The molecule has 2 aromatic rings. The molecule has 1 aliphatic carbocycles. The van der Waals surface area contributed by atoms with Crippen LogP contribution in [0.25, 0.3) is 17.2 Å². The average Bonchev–Trinajstić information content (AvgIpc) is 2.65. The van der Waals surface area contributed by atoms with E-state index in [-0.39, 0.29) is 0 Å². The zero-order valence-electron chi connectivity index (χ0n) is 16.4. The normalized spacial score (nSPS) is 19.8. The third kappa shape index (κ3) is 5.35. The molecular weight excluding hydrogens is 348 g/mol. The highest BCUT2D eigenvalue weighted by molar-refractivity contribution is 5.85. The second-order valence-electron chi connectivity index (χ2n) is 8.04. The van der Waals surface area contributed by atoms with Gasteiger partial charge in [0.2, 0.25) is 0 Å². The number of hydrogen-bond donors (Lipinski definition) is 2. The van der Waals surface area contributed by atoms with Gasteiger partial charge in [0, 0.05) is 6.08 Å². The van der Waals surface area contributed by atoms with Crippen molar-refractivity contribution in [3.63, 3.8) is 0 Å². The van der Waals surface area contributed by atoms with Gasteiger partial charge in [-0.1, -0.05) is 49.4 Å². The Labute approximate surface area is 167 Å². The van der Waals surface area contributed by atoms with Crippen molar-refractivity contribution in [3.8, 4) is 16.9 Å². The fourth-order valence-electron chi connectivity index (χ4n) is 4.22. The van der Waals surface area contributed by atoms with Crippen LogP contribution in [0.5, 0.6) is 5.75 Å². The van der Waals surface area contributed by atoms with Gasteiger partial charge in [0.25, 0.3) is 0 Å². The molecule has 1 aliphatic rings. The lowest BCUT2D eigenvalue weighted by atomic mass is 9.77. The molecule has 0 aromatic heterocycles. The Hall–Kier alpha value is -2.81. The molecule has 3 rings (SSSR count). The summed E-state index contributed by atoms with van der Waals surface area (Å²) in [5.41, 5.74) is 5.29. The first kappa shape index (κ1) is 19.9. The van der Waals surface area contributed by atoms with Gasteiger partial charge in [-0.2, -0.15) is 0 Å². The fraction of sp³-hybridized carbons (Fsp3) is 0.320. The van der Waals surface area contributed by atoms with Crippen molar-refractivity contribution in [1.29, 1.82) is 0 Å². The molecule has 0 aliphatic heterocycles. The van der Waals surface area contributed by atoms with Gasteiger partial charge in [0.15, 0.2) is 0 Å². The third-order valence-electron chi connectivity index (χ3n) is 5.51. The standard InChI is InChI=1S/C25H28O3/c1-17-13-18(2)15-20(14-17)5-9-23-16-22(10-11-24(23)26)21-7-3-19(4-8-21)6-12-25(27)28/h3-4,6-8,10-12,16,18,20,26H,1,5,9,13-15H2,2H3,(H,27,28)/b12-6+. The van der Waals surface area contributed by atoms with Crippen molar-refractivity contribution < 1.29 is 15.0 Å². The maximum atomic E-state index is 10.6. The molecule has 0 bridgehead atoms. The number of aliphatic carboxylic acids is 1. The minimum absolute atomic E-state index is 0.354. The Balaban J connectivity index is 1.70. The van der Waals surface area contributed by atoms with Crippen molar-refractivity contribution in [2.75, 3.05) is 0 Å². The molecule has 0 heterocycles. The SMILES string of the molecule is C=C1CC(C)CC(CCc2cc(-c3ccc(/C=C/C(=O)O)cc3)ccc2O)C1. The van der Waals surface area contributed by atoms with Gasteiger partial charge < -0.3 is 10.2 Å². The summed E-state index contributed by atoms with van der Waals surface area (Å²) >= 11 is 0. The number of hydrogen-bond acceptors (Lipinski definition) is 2. The minimum Gasteiger partial charge on any atom is -0.508 e. The number of rotatable bonds is 6. The van der Waals surface area contributed by atoms with Crippen LogP contribution >= 0.6 is 0 Å². The topological polar surface area (TPSA) is 57.5 Å². The highest BCUT2D eigenvalue weighted by atomic mass is 16.4.